The first kappa shape index (κ1) is 22.1. The van der Waals surface area contributed by atoms with E-state index in [1.54, 1.807) is 42.8 Å². The van der Waals surface area contributed by atoms with E-state index in [-0.39, 0.29) is 34.2 Å². The molecule has 0 aliphatic carbocycles. The molecule has 1 aliphatic heterocycles. The molecule has 1 fully saturated rings. The lowest BCUT2D eigenvalue weighted by atomic mass is 10.2. The van der Waals surface area contributed by atoms with Crippen LogP contribution in [0.2, 0.25) is 0 Å². The van der Waals surface area contributed by atoms with Gasteiger partial charge in [0.2, 0.25) is 11.8 Å². The van der Waals surface area contributed by atoms with Crippen LogP contribution in [0.25, 0.3) is 0 Å². The van der Waals surface area contributed by atoms with E-state index in [1.165, 1.54) is 17.0 Å². The highest BCUT2D eigenvalue weighted by Gasteiger charge is 2.39. The topological polar surface area (TPSA) is 105 Å². The van der Waals surface area contributed by atoms with Crippen LogP contribution in [-0.2, 0) is 19.6 Å². The molecule has 8 nitrogen and oxygen atoms in total. The Morgan fingerprint density at radius 2 is 2.07 bits per heavy atom. The van der Waals surface area contributed by atoms with Crippen molar-refractivity contribution in [1.82, 2.24) is 4.90 Å². The van der Waals surface area contributed by atoms with Crippen LogP contribution in [0.4, 0.5) is 5.69 Å². The zero-order valence-electron chi connectivity index (χ0n) is 16.0. The van der Waals surface area contributed by atoms with Crippen molar-refractivity contribution in [3.05, 3.63) is 54.4 Å². The average molecular weight is 466 g/mol. The number of rotatable bonds is 8. The van der Waals surface area contributed by atoms with Crippen LogP contribution >= 0.6 is 23.1 Å². The number of anilines is 1. The Bertz CT molecular complexity index is 1060. The van der Waals surface area contributed by atoms with E-state index >= 15 is 0 Å². The zero-order valence-corrected chi connectivity index (χ0v) is 18.4. The molecular formula is C19H19N3O5S3. The number of nitrogens with zero attached hydrogens (tertiary/aromatic N) is 2. The lowest BCUT2D eigenvalue weighted by molar-refractivity contribution is -0.127. The van der Waals surface area contributed by atoms with Gasteiger partial charge in [0.1, 0.15) is 15.2 Å². The minimum Gasteiger partial charge on any atom is -0.497 e. The quantitative estimate of drug-likeness (QED) is 0.601. The molecule has 30 heavy (non-hydrogen) atoms. The van der Waals surface area contributed by atoms with Gasteiger partial charge in [0, 0.05) is 18.7 Å². The molecule has 1 aromatic carbocycles. The molecule has 0 saturated carbocycles. The van der Waals surface area contributed by atoms with Gasteiger partial charge in [-0.2, -0.15) is 8.42 Å². The largest absolute Gasteiger partial charge is 0.497 e. The molecule has 158 valence electrons. The summed E-state index contributed by atoms with van der Waals surface area (Å²) in [5, 5.41) is 3.61. The molecule has 0 bridgehead atoms. The van der Waals surface area contributed by atoms with Crippen molar-refractivity contribution >= 4 is 55.8 Å². The number of nitrogens with one attached hydrogen (secondary N) is 1. The lowest BCUT2D eigenvalue weighted by Gasteiger charge is -2.13. The summed E-state index contributed by atoms with van der Waals surface area (Å²) >= 11 is 2.00. The lowest BCUT2D eigenvalue weighted by Crippen LogP contribution is -2.33. The summed E-state index contributed by atoms with van der Waals surface area (Å²) in [6, 6.07) is 9.84. The summed E-state index contributed by atoms with van der Waals surface area (Å²) in [7, 11) is -2.39. The minimum atomic E-state index is -3.94. The number of benzene rings is 1. The molecule has 11 heteroatoms. The standard InChI is InChI=1S/C19H19N3O5S3/c1-3-10-22-18(24)15(12-16(23)20-13-6-8-14(27-2)9-7-13)29-19(22)21-30(25,26)17-5-4-11-28-17/h3-9,11,15H,1,10,12H2,2H3,(H,20,23)/b21-19-. The number of hydrogen-bond donors (Lipinski definition) is 1. The summed E-state index contributed by atoms with van der Waals surface area (Å²) in [6.45, 7) is 3.70. The van der Waals surface area contributed by atoms with Gasteiger partial charge in [-0.3, -0.25) is 14.5 Å². The third-order valence-electron chi connectivity index (χ3n) is 4.02. The van der Waals surface area contributed by atoms with Gasteiger partial charge in [-0.25, -0.2) is 0 Å². The number of amidine groups is 1. The van der Waals surface area contributed by atoms with Crippen molar-refractivity contribution in [2.45, 2.75) is 15.9 Å². The molecule has 2 aromatic rings. The highest BCUT2D eigenvalue weighted by atomic mass is 32.2. The Hall–Kier alpha value is -2.63. The van der Waals surface area contributed by atoms with Gasteiger partial charge < -0.3 is 10.1 Å². The second kappa shape index (κ2) is 9.45. The van der Waals surface area contributed by atoms with E-state index in [2.05, 4.69) is 16.3 Å². The van der Waals surface area contributed by atoms with E-state index in [4.69, 9.17) is 4.74 Å². The number of methoxy groups -OCH3 is 1. The summed E-state index contributed by atoms with van der Waals surface area (Å²) < 4.78 is 34.0. The van der Waals surface area contributed by atoms with Crippen LogP contribution in [0, 0.1) is 0 Å². The number of carbonyl (C=O) groups excluding carboxylic acids is 2. The molecule has 2 heterocycles. The predicted octanol–water partition coefficient (Wildman–Crippen LogP) is 2.96. The normalized spacial score (nSPS) is 17.9. The summed E-state index contributed by atoms with van der Waals surface area (Å²) in [6.07, 6.45) is 1.35. The van der Waals surface area contributed by atoms with Crippen LogP contribution in [-0.4, -0.2) is 49.2 Å². The highest BCUT2D eigenvalue weighted by molar-refractivity contribution is 8.16. The second-order valence-electron chi connectivity index (χ2n) is 6.11. The molecule has 1 aliphatic rings. The van der Waals surface area contributed by atoms with Gasteiger partial charge in [0.15, 0.2) is 5.17 Å². The Morgan fingerprint density at radius 1 is 1.33 bits per heavy atom. The van der Waals surface area contributed by atoms with Crippen molar-refractivity contribution in [2.24, 2.45) is 4.40 Å². The maximum absolute atomic E-state index is 12.7. The maximum Gasteiger partial charge on any atom is 0.294 e. The van der Waals surface area contributed by atoms with E-state index in [0.29, 0.717) is 11.4 Å². The Morgan fingerprint density at radius 3 is 2.67 bits per heavy atom. The van der Waals surface area contributed by atoms with Crippen molar-refractivity contribution in [3.63, 3.8) is 0 Å². The van der Waals surface area contributed by atoms with E-state index in [1.807, 2.05) is 0 Å². The number of carbonyl (C=O) groups is 2. The Balaban J connectivity index is 1.74. The maximum atomic E-state index is 12.7. The van der Waals surface area contributed by atoms with Gasteiger partial charge in [-0.1, -0.05) is 23.9 Å². The van der Waals surface area contributed by atoms with Crippen molar-refractivity contribution in [2.75, 3.05) is 19.0 Å². The fourth-order valence-corrected chi connectivity index (χ4v) is 5.95. The fraction of sp³-hybridized carbons (Fsp3) is 0.211. The Labute approximate surface area is 182 Å². The minimum absolute atomic E-state index is 0.0375. The van der Waals surface area contributed by atoms with Gasteiger partial charge in [0.25, 0.3) is 10.0 Å². The fourth-order valence-electron chi connectivity index (χ4n) is 2.62. The number of thiophene rings is 1. The van der Waals surface area contributed by atoms with Crippen LogP contribution in [0.1, 0.15) is 6.42 Å². The number of hydrogen-bond acceptors (Lipinski definition) is 7. The van der Waals surface area contributed by atoms with Crippen LogP contribution in [0.15, 0.2) is 63.0 Å². The zero-order chi connectivity index (χ0) is 21.7. The Kier molecular flexibility index (Phi) is 6.95. The van der Waals surface area contributed by atoms with Crippen LogP contribution < -0.4 is 10.1 Å². The predicted molar refractivity (Wildman–Crippen MR) is 118 cm³/mol. The van der Waals surface area contributed by atoms with Gasteiger partial charge >= 0.3 is 0 Å². The number of ether oxygens (including phenoxy) is 1. The molecule has 1 atom stereocenters. The summed E-state index contributed by atoms with van der Waals surface area (Å²) in [5.74, 6) is -0.0979. The highest BCUT2D eigenvalue weighted by Crippen LogP contribution is 2.32. The van der Waals surface area contributed by atoms with Gasteiger partial charge in [-0.05, 0) is 35.7 Å². The molecule has 3 rings (SSSR count). The first-order valence-corrected chi connectivity index (χ1v) is 12.0. The number of sulfonamides is 1. The first-order valence-electron chi connectivity index (χ1n) is 8.75. The monoisotopic (exact) mass is 465 g/mol. The third-order valence-corrected chi connectivity index (χ3v) is 7.95. The molecule has 0 spiro atoms. The van der Waals surface area contributed by atoms with Crippen LogP contribution in [0.5, 0.6) is 5.75 Å². The number of amides is 2. The first-order chi connectivity index (χ1) is 14.3. The molecular weight excluding hydrogens is 446 g/mol. The van der Waals surface area contributed by atoms with Crippen molar-refractivity contribution in [3.8, 4) is 5.75 Å². The smallest absolute Gasteiger partial charge is 0.294 e. The number of thioether (sulfide) groups is 1. The van der Waals surface area contributed by atoms with Gasteiger partial charge in [0.05, 0.1) is 7.11 Å². The van der Waals surface area contributed by atoms with Gasteiger partial charge in [-0.15, -0.1) is 22.3 Å². The third kappa shape index (κ3) is 5.10. The molecule has 1 N–H and O–H groups in total. The molecule has 2 amide bonds. The summed E-state index contributed by atoms with van der Waals surface area (Å²) in [4.78, 5) is 26.4. The average Bonchev–Trinajstić information content (AvgIpc) is 3.34. The van der Waals surface area contributed by atoms with E-state index < -0.39 is 15.3 Å². The van der Waals surface area contributed by atoms with Crippen molar-refractivity contribution in [1.29, 1.82) is 0 Å². The molecule has 1 saturated heterocycles. The van der Waals surface area contributed by atoms with E-state index in [0.717, 1.165) is 23.1 Å². The molecule has 1 unspecified atom stereocenters. The summed E-state index contributed by atoms with van der Waals surface area (Å²) in [5.41, 5.74) is 0.563. The second-order valence-corrected chi connectivity index (χ2v) is 10.1. The van der Waals surface area contributed by atoms with Crippen molar-refractivity contribution < 1.29 is 22.7 Å². The molecule has 0 radical (unpaired) electrons. The molecule has 1 aromatic heterocycles. The SMILES string of the molecule is C=CCN1C(=O)C(CC(=O)Nc2ccc(OC)cc2)S/C1=N\S(=O)(=O)c1cccs1. The van der Waals surface area contributed by atoms with Crippen LogP contribution in [0.3, 0.4) is 0 Å². The van der Waals surface area contributed by atoms with E-state index in [9.17, 15) is 18.0 Å².